The molecule has 142 valence electrons. The van der Waals surface area contributed by atoms with Crippen LogP contribution < -0.4 is 5.32 Å². The van der Waals surface area contributed by atoms with Gasteiger partial charge in [0.2, 0.25) is 21.8 Å². The number of piperidine rings is 1. The number of hydrogen-bond acceptors (Lipinski definition) is 4. The normalized spacial score (nSPS) is 19.0. The molecule has 1 saturated heterocycles. The van der Waals surface area contributed by atoms with Crippen LogP contribution in [0.15, 0.2) is 17.0 Å². The Hall–Kier alpha value is -2.00. The Balaban J connectivity index is 1.81. The molecule has 2 aliphatic heterocycles. The zero-order valence-electron chi connectivity index (χ0n) is 14.8. The Morgan fingerprint density at radius 2 is 1.92 bits per heavy atom. The Morgan fingerprint density at radius 1 is 1.27 bits per heavy atom. The van der Waals surface area contributed by atoms with Gasteiger partial charge in [-0.2, -0.15) is 4.31 Å². The number of nitrogens with zero attached hydrogens (tertiary/aromatic N) is 2. The van der Waals surface area contributed by atoms with E-state index in [1.165, 1.54) is 17.3 Å². The monoisotopic (exact) mass is 383 g/mol. The first-order chi connectivity index (χ1) is 12.2. The van der Waals surface area contributed by atoms with E-state index < -0.39 is 15.8 Å². The number of aryl methyl sites for hydroxylation is 1. The second-order valence-electron chi connectivity index (χ2n) is 6.75. The summed E-state index contributed by atoms with van der Waals surface area (Å²) in [5.74, 6) is -1.13. The topological polar surface area (TPSA) is 86.8 Å². The highest BCUT2D eigenvalue weighted by atomic mass is 32.2. The molecule has 2 aliphatic rings. The maximum Gasteiger partial charge on any atom is 0.245 e. The molecule has 1 aromatic rings. The van der Waals surface area contributed by atoms with E-state index >= 15 is 0 Å². The lowest BCUT2D eigenvalue weighted by molar-refractivity contribution is -0.130. The summed E-state index contributed by atoms with van der Waals surface area (Å²) in [6.45, 7) is 1.94. The average molecular weight is 383 g/mol. The van der Waals surface area contributed by atoms with E-state index in [4.69, 9.17) is 0 Å². The average Bonchev–Trinajstić information content (AvgIpc) is 2.60. The number of rotatable bonds is 3. The van der Waals surface area contributed by atoms with Crippen LogP contribution in [0, 0.1) is 5.82 Å². The Kier molecular flexibility index (Phi) is 5.03. The SMILES string of the molecule is CC(=O)N(C)C1CCN(S(=O)(=O)c2cc3c(cc2F)NC(=O)CC3)CC1. The molecular formula is C17H22FN3O4S. The molecule has 0 atom stereocenters. The standard InChI is InChI=1S/C17H22FN3O4S/c1-11(22)20(2)13-5-7-21(8-6-13)26(24,25)16-9-12-3-4-17(23)19-15(12)10-14(16)18/h9-10,13H,3-8H2,1-2H3,(H,19,23). The zero-order valence-corrected chi connectivity index (χ0v) is 15.6. The summed E-state index contributed by atoms with van der Waals surface area (Å²) in [5, 5.41) is 2.56. The molecule has 1 aromatic carbocycles. The third-order valence-electron chi connectivity index (χ3n) is 5.14. The molecule has 0 bridgehead atoms. The minimum absolute atomic E-state index is 0.0115. The fourth-order valence-electron chi connectivity index (χ4n) is 3.44. The van der Waals surface area contributed by atoms with Gasteiger partial charge < -0.3 is 10.2 Å². The number of halogens is 1. The summed E-state index contributed by atoms with van der Waals surface area (Å²) in [4.78, 5) is 24.1. The Bertz CT molecular complexity index is 848. The first-order valence-electron chi connectivity index (χ1n) is 8.56. The van der Waals surface area contributed by atoms with Crippen LogP contribution in [0.25, 0.3) is 0 Å². The van der Waals surface area contributed by atoms with Crippen molar-refractivity contribution in [1.82, 2.24) is 9.21 Å². The second kappa shape index (κ2) is 6.96. The molecule has 0 saturated carbocycles. The van der Waals surface area contributed by atoms with Gasteiger partial charge in [-0.1, -0.05) is 0 Å². The number of hydrogen-bond donors (Lipinski definition) is 1. The van der Waals surface area contributed by atoms with E-state index in [1.807, 2.05) is 0 Å². The highest BCUT2D eigenvalue weighted by Crippen LogP contribution is 2.31. The third kappa shape index (κ3) is 3.45. The van der Waals surface area contributed by atoms with Gasteiger partial charge in [-0.3, -0.25) is 9.59 Å². The zero-order chi connectivity index (χ0) is 19.1. The molecule has 1 fully saturated rings. The van der Waals surface area contributed by atoms with Crippen molar-refractivity contribution in [2.45, 2.75) is 43.5 Å². The molecule has 2 heterocycles. The van der Waals surface area contributed by atoms with Crippen molar-refractivity contribution >= 4 is 27.5 Å². The van der Waals surface area contributed by atoms with Gasteiger partial charge in [0.25, 0.3) is 0 Å². The van der Waals surface area contributed by atoms with Crippen molar-refractivity contribution in [3.05, 3.63) is 23.5 Å². The van der Waals surface area contributed by atoms with Gasteiger partial charge in [0.1, 0.15) is 10.7 Å². The van der Waals surface area contributed by atoms with Crippen molar-refractivity contribution in [3.8, 4) is 0 Å². The minimum atomic E-state index is -3.97. The van der Waals surface area contributed by atoms with Crippen LogP contribution in [0.3, 0.4) is 0 Å². The largest absolute Gasteiger partial charge is 0.343 e. The molecule has 1 N–H and O–H groups in total. The number of carbonyl (C=O) groups excluding carboxylic acids is 2. The minimum Gasteiger partial charge on any atom is -0.343 e. The van der Waals surface area contributed by atoms with Crippen LogP contribution >= 0.6 is 0 Å². The van der Waals surface area contributed by atoms with Gasteiger partial charge in [-0.25, -0.2) is 12.8 Å². The Morgan fingerprint density at radius 3 is 2.54 bits per heavy atom. The van der Waals surface area contributed by atoms with Gasteiger partial charge in [-0.15, -0.1) is 0 Å². The molecular weight excluding hydrogens is 361 g/mol. The number of benzene rings is 1. The van der Waals surface area contributed by atoms with Crippen molar-refractivity contribution in [2.75, 3.05) is 25.5 Å². The van der Waals surface area contributed by atoms with Gasteiger partial charge in [0.15, 0.2) is 0 Å². The maximum absolute atomic E-state index is 14.5. The molecule has 0 radical (unpaired) electrons. The van der Waals surface area contributed by atoms with Crippen molar-refractivity contribution < 1.29 is 22.4 Å². The van der Waals surface area contributed by atoms with E-state index in [-0.39, 0.29) is 42.3 Å². The van der Waals surface area contributed by atoms with Crippen molar-refractivity contribution in [2.24, 2.45) is 0 Å². The molecule has 7 nitrogen and oxygen atoms in total. The molecule has 9 heteroatoms. The van der Waals surface area contributed by atoms with Crippen LogP contribution in [0.4, 0.5) is 10.1 Å². The summed E-state index contributed by atoms with van der Waals surface area (Å²) >= 11 is 0. The highest BCUT2D eigenvalue weighted by molar-refractivity contribution is 7.89. The van der Waals surface area contributed by atoms with E-state index in [9.17, 15) is 22.4 Å². The van der Waals surface area contributed by atoms with Gasteiger partial charge >= 0.3 is 0 Å². The van der Waals surface area contributed by atoms with E-state index in [0.29, 0.717) is 30.5 Å². The number of fused-ring (bicyclic) bond motifs is 1. The van der Waals surface area contributed by atoms with E-state index in [2.05, 4.69) is 5.32 Å². The first kappa shape index (κ1) is 18.8. The van der Waals surface area contributed by atoms with Crippen LogP contribution in [0.5, 0.6) is 0 Å². The fourth-order valence-corrected chi connectivity index (χ4v) is 5.01. The lowest BCUT2D eigenvalue weighted by Gasteiger charge is -2.35. The highest BCUT2D eigenvalue weighted by Gasteiger charge is 2.34. The molecule has 2 amide bonds. The third-order valence-corrected chi connectivity index (χ3v) is 7.05. The van der Waals surface area contributed by atoms with E-state index in [0.717, 1.165) is 6.07 Å². The quantitative estimate of drug-likeness (QED) is 0.853. The predicted octanol–water partition coefficient (Wildman–Crippen LogP) is 1.34. The van der Waals surface area contributed by atoms with Crippen LogP contribution in [0.1, 0.15) is 31.7 Å². The molecule has 0 unspecified atom stereocenters. The van der Waals surface area contributed by atoms with Gasteiger partial charge in [-0.05, 0) is 37.0 Å². The fraction of sp³-hybridized carbons (Fsp3) is 0.529. The lowest BCUT2D eigenvalue weighted by Crippen LogP contribution is -2.46. The number of amides is 2. The molecule has 26 heavy (non-hydrogen) atoms. The van der Waals surface area contributed by atoms with Crippen molar-refractivity contribution in [3.63, 3.8) is 0 Å². The molecule has 0 aliphatic carbocycles. The lowest BCUT2D eigenvalue weighted by atomic mass is 10.0. The smallest absolute Gasteiger partial charge is 0.245 e. The number of anilines is 1. The second-order valence-corrected chi connectivity index (χ2v) is 8.66. The summed E-state index contributed by atoms with van der Waals surface area (Å²) < 4.78 is 41.5. The van der Waals surface area contributed by atoms with E-state index in [1.54, 1.807) is 11.9 Å². The summed E-state index contributed by atoms with van der Waals surface area (Å²) in [7, 11) is -2.26. The number of nitrogens with one attached hydrogen (secondary N) is 1. The van der Waals surface area contributed by atoms with Gasteiger partial charge in [0, 0.05) is 45.2 Å². The van der Waals surface area contributed by atoms with Crippen LogP contribution in [-0.2, 0) is 26.0 Å². The summed E-state index contributed by atoms with van der Waals surface area (Å²) in [6.07, 6.45) is 1.66. The van der Waals surface area contributed by atoms with Crippen molar-refractivity contribution in [1.29, 1.82) is 0 Å². The van der Waals surface area contributed by atoms with Crippen LogP contribution in [-0.4, -0.2) is 55.6 Å². The predicted molar refractivity (Wildman–Crippen MR) is 93.6 cm³/mol. The molecule has 0 spiro atoms. The number of carbonyl (C=O) groups is 2. The number of sulfonamides is 1. The van der Waals surface area contributed by atoms with Crippen LogP contribution in [0.2, 0.25) is 0 Å². The Labute approximate surface area is 152 Å². The first-order valence-corrected chi connectivity index (χ1v) is 10.00. The maximum atomic E-state index is 14.5. The molecule has 3 rings (SSSR count). The summed E-state index contributed by atoms with van der Waals surface area (Å²) in [5.41, 5.74) is 0.954. The van der Waals surface area contributed by atoms with Gasteiger partial charge in [0.05, 0.1) is 0 Å². The molecule has 0 aromatic heterocycles. The summed E-state index contributed by atoms with van der Waals surface area (Å²) in [6, 6.07) is 2.39.